The molecule has 0 radical (unpaired) electrons. The van der Waals surface area contributed by atoms with Crippen LogP contribution in [-0.2, 0) is 11.2 Å². The summed E-state index contributed by atoms with van der Waals surface area (Å²) in [4.78, 5) is 12.8. The van der Waals surface area contributed by atoms with E-state index in [0.717, 1.165) is 17.7 Å². The number of hydrogen-bond donors (Lipinski definition) is 2. The molecule has 1 atom stereocenters. The molecular weight excluding hydrogens is 328 g/mol. The summed E-state index contributed by atoms with van der Waals surface area (Å²) in [5.41, 5.74) is 3.09. The fourth-order valence-electron chi connectivity index (χ4n) is 2.26. The van der Waals surface area contributed by atoms with E-state index in [1.807, 2.05) is 42.5 Å². The molecule has 1 fully saturated rings. The van der Waals surface area contributed by atoms with Gasteiger partial charge < -0.3 is 10.6 Å². The van der Waals surface area contributed by atoms with Crippen molar-refractivity contribution in [2.45, 2.75) is 18.8 Å². The monoisotopic (exact) mass is 344 g/mol. The van der Waals surface area contributed by atoms with Crippen molar-refractivity contribution in [3.8, 4) is 0 Å². The fourth-order valence-corrected chi connectivity index (χ4v) is 3.37. The van der Waals surface area contributed by atoms with Crippen LogP contribution in [0.4, 0.5) is 5.69 Å². The van der Waals surface area contributed by atoms with Crippen LogP contribution in [0, 0.1) is 0 Å². The molecule has 0 aliphatic carbocycles. The Balaban J connectivity index is 1.67. The number of rotatable bonds is 4. The van der Waals surface area contributed by atoms with Crippen LogP contribution >= 0.6 is 23.4 Å². The second-order valence-corrected chi connectivity index (χ2v) is 6.81. The summed E-state index contributed by atoms with van der Waals surface area (Å²) in [7, 11) is 0. The molecule has 1 amide bonds. The molecule has 1 saturated heterocycles. The molecule has 2 N–H and O–H groups in total. The molecule has 1 aliphatic rings. The lowest BCUT2D eigenvalue weighted by molar-refractivity contribution is -0.116. The van der Waals surface area contributed by atoms with Crippen molar-refractivity contribution in [1.82, 2.24) is 5.32 Å². The number of amides is 1. The summed E-state index contributed by atoms with van der Waals surface area (Å²) >= 11 is 7.36. The number of hydrogen-bond acceptors (Lipinski definition) is 3. The third-order valence-corrected chi connectivity index (χ3v) is 4.84. The minimum Gasteiger partial charge on any atom is -0.357 e. The predicted octanol–water partition coefficient (Wildman–Crippen LogP) is 4.50. The maximum Gasteiger partial charge on any atom is 0.260 e. The van der Waals surface area contributed by atoms with Crippen LogP contribution in [-0.4, -0.2) is 11.4 Å². The molecule has 5 heteroatoms. The van der Waals surface area contributed by atoms with Crippen molar-refractivity contribution in [3.63, 3.8) is 0 Å². The van der Waals surface area contributed by atoms with E-state index in [-0.39, 0.29) is 11.4 Å². The van der Waals surface area contributed by atoms with Gasteiger partial charge in [0.15, 0.2) is 5.50 Å². The molecule has 118 valence electrons. The molecule has 3 rings (SSSR count). The molecule has 23 heavy (non-hydrogen) atoms. The van der Waals surface area contributed by atoms with Crippen molar-refractivity contribution >= 4 is 41.0 Å². The molecule has 3 nitrogen and oxygen atoms in total. The van der Waals surface area contributed by atoms with E-state index in [1.165, 1.54) is 17.3 Å². The first-order valence-corrected chi connectivity index (χ1v) is 8.70. The first kappa shape index (κ1) is 16.0. The number of thioether (sulfide) groups is 1. The number of anilines is 1. The Morgan fingerprint density at radius 1 is 1.17 bits per heavy atom. The number of aryl methyl sites for hydroxylation is 1. The molecule has 1 heterocycles. The normalized spacial score (nSPS) is 19.0. The third-order valence-electron chi connectivity index (χ3n) is 3.56. The van der Waals surface area contributed by atoms with Crippen LogP contribution in [0.3, 0.4) is 0 Å². The van der Waals surface area contributed by atoms with Gasteiger partial charge in [-0.1, -0.05) is 54.6 Å². The Bertz CT molecular complexity index is 726. The summed E-state index contributed by atoms with van der Waals surface area (Å²) in [6, 6.07) is 15.7. The van der Waals surface area contributed by atoms with Crippen molar-refractivity contribution in [2.24, 2.45) is 0 Å². The lowest BCUT2D eigenvalue weighted by Gasteiger charge is -2.12. The molecule has 2 aromatic carbocycles. The van der Waals surface area contributed by atoms with Crippen molar-refractivity contribution in [2.75, 3.05) is 5.32 Å². The maximum atomic E-state index is 12.1. The van der Waals surface area contributed by atoms with Crippen molar-refractivity contribution in [3.05, 3.63) is 69.6 Å². The lowest BCUT2D eigenvalue weighted by atomic mass is 10.1. The van der Waals surface area contributed by atoms with E-state index >= 15 is 0 Å². The molecule has 2 aromatic rings. The molecule has 0 saturated carbocycles. The number of carbonyl (C=O) groups excluding carboxylic acids is 1. The SMILES string of the molecule is CCc1ccc(N[C@@H]2NC(=O)/C(=C/c3ccc(Cl)cc3)S2)cc1. The molecule has 0 bridgehead atoms. The Hall–Kier alpha value is -1.91. The van der Waals surface area contributed by atoms with Crippen LogP contribution in [0.15, 0.2) is 53.4 Å². The van der Waals surface area contributed by atoms with Gasteiger partial charge >= 0.3 is 0 Å². The van der Waals surface area contributed by atoms with Gasteiger partial charge in [0.25, 0.3) is 5.91 Å². The van der Waals surface area contributed by atoms with E-state index in [1.54, 1.807) is 0 Å². The van der Waals surface area contributed by atoms with Crippen molar-refractivity contribution in [1.29, 1.82) is 0 Å². The highest BCUT2D eigenvalue weighted by Crippen LogP contribution is 2.30. The highest BCUT2D eigenvalue weighted by atomic mass is 35.5. The van der Waals surface area contributed by atoms with E-state index < -0.39 is 0 Å². The molecular formula is C18H17ClN2OS. The summed E-state index contributed by atoms with van der Waals surface area (Å²) in [5.74, 6) is -0.0624. The third kappa shape index (κ3) is 4.09. The zero-order valence-corrected chi connectivity index (χ0v) is 14.2. The second-order valence-electron chi connectivity index (χ2n) is 5.23. The van der Waals surface area contributed by atoms with Crippen LogP contribution < -0.4 is 10.6 Å². The molecule has 0 spiro atoms. The summed E-state index contributed by atoms with van der Waals surface area (Å²) in [5, 5.41) is 6.93. The Morgan fingerprint density at radius 2 is 1.87 bits per heavy atom. The van der Waals surface area contributed by atoms with Gasteiger partial charge in [-0.2, -0.15) is 0 Å². The molecule has 0 unspecified atom stereocenters. The van der Waals surface area contributed by atoms with Crippen LogP contribution in [0.1, 0.15) is 18.1 Å². The average Bonchev–Trinajstić information content (AvgIpc) is 2.90. The largest absolute Gasteiger partial charge is 0.357 e. The van der Waals surface area contributed by atoms with Crippen molar-refractivity contribution < 1.29 is 4.79 Å². The van der Waals surface area contributed by atoms with Gasteiger partial charge in [-0.25, -0.2) is 0 Å². The average molecular weight is 345 g/mol. The highest BCUT2D eigenvalue weighted by Gasteiger charge is 2.26. The molecule has 0 aromatic heterocycles. The summed E-state index contributed by atoms with van der Waals surface area (Å²) < 4.78 is 0. The Labute approximate surface area is 145 Å². The van der Waals surface area contributed by atoms with Gasteiger partial charge in [-0.3, -0.25) is 4.79 Å². The quantitative estimate of drug-likeness (QED) is 0.802. The van der Waals surface area contributed by atoms with Crippen LogP contribution in [0.5, 0.6) is 0 Å². The second kappa shape index (κ2) is 7.11. The maximum absolute atomic E-state index is 12.1. The minimum atomic E-state index is -0.159. The van der Waals surface area contributed by atoms with Gasteiger partial charge in [-0.15, -0.1) is 0 Å². The van der Waals surface area contributed by atoms with Gasteiger partial charge in [0, 0.05) is 10.7 Å². The minimum absolute atomic E-state index is 0.0624. The predicted molar refractivity (Wildman–Crippen MR) is 98.4 cm³/mol. The Morgan fingerprint density at radius 3 is 2.52 bits per heavy atom. The zero-order chi connectivity index (χ0) is 16.2. The van der Waals surface area contributed by atoms with E-state index in [4.69, 9.17) is 11.6 Å². The highest BCUT2D eigenvalue weighted by molar-refractivity contribution is 8.05. The van der Waals surface area contributed by atoms with Crippen LogP contribution in [0.25, 0.3) is 6.08 Å². The van der Waals surface area contributed by atoms with Crippen LogP contribution in [0.2, 0.25) is 5.02 Å². The summed E-state index contributed by atoms with van der Waals surface area (Å²) in [6.07, 6.45) is 2.89. The number of benzene rings is 2. The van der Waals surface area contributed by atoms with Gasteiger partial charge in [0.2, 0.25) is 0 Å². The first-order valence-electron chi connectivity index (χ1n) is 7.44. The van der Waals surface area contributed by atoms with E-state index in [2.05, 4.69) is 29.7 Å². The van der Waals surface area contributed by atoms with Gasteiger partial charge in [0.05, 0.1) is 4.91 Å². The zero-order valence-electron chi connectivity index (χ0n) is 12.7. The molecule has 1 aliphatic heterocycles. The van der Waals surface area contributed by atoms with E-state index in [9.17, 15) is 4.79 Å². The number of halogens is 1. The lowest BCUT2D eigenvalue weighted by Crippen LogP contribution is -2.30. The first-order chi connectivity index (χ1) is 11.1. The van der Waals surface area contributed by atoms with E-state index in [0.29, 0.717) is 9.93 Å². The number of carbonyl (C=O) groups is 1. The standard InChI is InChI=1S/C18H17ClN2OS/c1-2-12-5-9-15(10-6-12)20-18-21-17(22)16(23-18)11-13-3-7-14(19)8-4-13/h3-11,18,20H,2H2,1H3,(H,21,22)/b16-11-/t18-/m1/s1. The van der Waals surface area contributed by atoms with Gasteiger partial charge in [0.1, 0.15) is 0 Å². The van der Waals surface area contributed by atoms with Gasteiger partial charge in [-0.05, 0) is 47.9 Å². The number of nitrogens with one attached hydrogen (secondary N) is 2. The smallest absolute Gasteiger partial charge is 0.260 e. The Kier molecular flexibility index (Phi) is 4.94. The topological polar surface area (TPSA) is 41.1 Å². The fraction of sp³-hybridized carbons (Fsp3) is 0.167. The summed E-state index contributed by atoms with van der Waals surface area (Å²) in [6.45, 7) is 2.13.